The Kier molecular flexibility index (Phi) is 6.83. The third-order valence-corrected chi connectivity index (χ3v) is 5.25. The molecule has 0 unspecified atom stereocenters. The molecule has 0 fully saturated rings. The van der Waals surface area contributed by atoms with E-state index in [4.69, 9.17) is 32.1 Å². The maximum atomic E-state index is 12.5. The molecule has 0 atom stereocenters. The molecule has 2 aromatic rings. The molecule has 0 aliphatic rings. The quantitative estimate of drug-likeness (QED) is 0.291. The lowest BCUT2D eigenvalue weighted by atomic mass is 10.1. The van der Waals surface area contributed by atoms with Gasteiger partial charge in [-0.25, -0.2) is 0 Å². The van der Waals surface area contributed by atoms with Crippen LogP contribution in [0.3, 0.4) is 0 Å². The summed E-state index contributed by atoms with van der Waals surface area (Å²) in [5.74, 6) is -0.899. The molecule has 0 amide bonds. The van der Waals surface area contributed by atoms with Crippen LogP contribution in [0, 0.1) is 6.92 Å². The van der Waals surface area contributed by atoms with E-state index in [-0.39, 0.29) is 27.9 Å². The normalized spacial score (nSPS) is 12.5. The topological polar surface area (TPSA) is 69.7 Å². The monoisotopic (exact) mass is 414 g/mol. The van der Waals surface area contributed by atoms with Gasteiger partial charge in [-0.3, -0.25) is 4.79 Å². The first-order valence-electron chi connectivity index (χ1n) is 7.43. The number of rotatable bonds is 7. The van der Waals surface area contributed by atoms with Crippen LogP contribution in [-0.2, 0) is 19.0 Å². The second kappa shape index (κ2) is 8.68. The molecule has 0 N–H and O–H groups in total. The number of methoxy groups -OCH3 is 1. The zero-order valence-electron chi connectivity index (χ0n) is 14.0. The Labute approximate surface area is 162 Å². The lowest BCUT2D eigenvalue weighted by Crippen LogP contribution is -2.13. The smallest absolute Gasteiger partial charge is 0.339 e. The van der Waals surface area contributed by atoms with Crippen LogP contribution in [0.5, 0.6) is 0 Å². The van der Waals surface area contributed by atoms with Gasteiger partial charge in [-0.2, -0.15) is 8.42 Å². The standard InChI is InChI=1S/C18H16Cl2O5S/c1-12-3-9-15(10-4-12)26(22,23)25-16(11-24-2)17(20)18(21)13-5-7-14(19)8-6-13/h3-10H,11H2,1-2H3/b17-16+. The molecule has 0 spiro atoms. The van der Waals surface area contributed by atoms with Crippen molar-refractivity contribution in [2.24, 2.45) is 0 Å². The lowest BCUT2D eigenvalue weighted by Gasteiger charge is -2.12. The van der Waals surface area contributed by atoms with Crippen LogP contribution in [0.2, 0.25) is 5.02 Å². The molecule has 0 aliphatic carbocycles. The van der Waals surface area contributed by atoms with E-state index in [0.717, 1.165) is 5.56 Å². The predicted molar refractivity (Wildman–Crippen MR) is 100.0 cm³/mol. The van der Waals surface area contributed by atoms with Gasteiger partial charge < -0.3 is 8.92 Å². The number of hydrogen-bond acceptors (Lipinski definition) is 5. The van der Waals surface area contributed by atoms with Crippen molar-refractivity contribution < 1.29 is 22.1 Å². The number of benzene rings is 2. The van der Waals surface area contributed by atoms with Crippen molar-refractivity contribution in [1.29, 1.82) is 0 Å². The number of ether oxygens (including phenoxy) is 1. The molecule has 138 valence electrons. The molecule has 0 saturated heterocycles. The van der Waals surface area contributed by atoms with Gasteiger partial charge in [0, 0.05) is 17.7 Å². The van der Waals surface area contributed by atoms with Gasteiger partial charge in [-0.1, -0.05) is 40.9 Å². The first-order valence-corrected chi connectivity index (χ1v) is 9.60. The fourth-order valence-corrected chi connectivity index (χ4v) is 3.33. The van der Waals surface area contributed by atoms with Gasteiger partial charge in [-0.15, -0.1) is 0 Å². The number of ketones is 1. The Morgan fingerprint density at radius 2 is 1.62 bits per heavy atom. The molecule has 8 heteroatoms. The zero-order valence-corrected chi connectivity index (χ0v) is 16.4. The Balaban J connectivity index is 2.36. The van der Waals surface area contributed by atoms with Crippen LogP contribution in [0.15, 0.2) is 64.2 Å². The van der Waals surface area contributed by atoms with E-state index < -0.39 is 15.9 Å². The second-order valence-electron chi connectivity index (χ2n) is 5.36. The number of carbonyl (C=O) groups is 1. The lowest BCUT2D eigenvalue weighted by molar-refractivity contribution is 0.103. The maximum Gasteiger partial charge on any atom is 0.339 e. The first-order chi connectivity index (χ1) is 12.2. The van der Waals surface area contributed by atoms with Crippen molar-refractivity contribution in [1.82, 2.24) is 0 Å². The summed E-state index contributed by atoms with van der Waals surface area (Å²) < 4.78 is 34.9. The summed E-state index contributed by atoms with van der Waals surface area (Å²) >= 11 is 11.9. The average Bonchev–Trinajstić information content (AvgIpc) is 2.61. The fourth-order valence-electron chi connectivity index (χ4n) is 2.00. The number of allylic oxidation sites excluding steroid dienone is 1. The van der Waals surface area contributed by atoms with Crippen LogP contribution in [0.1, 0.15) is 15.9 Å². The van der Waals surface area contributed by atoms with Crippen molar-refractivity contribution in [2.45, 2.75) is 11.8 Å². The molecule has 0 saturated carbocycles. The van der Waals surface area contributed by atoms with Crippen molar-refractivity contribution in [3.63, 3.8) is 0 Å². The van der Waals surface area contributed by atoms with Gasteiger partial charge in [0.2, 0.25) is 5.78 Å². The van der Waals surface area contributed by atoms with E-state index in [1.165, 1.54) is 43.5 Å². The average molecular weight is 415 g/mol. The minimum atomic E-state index is -4.16. The Bertz CT molecular complexity index is 917. The summed E-state index contributed by atoms with van der Waals surface area (Å²) in [5, 5.41) is 0.0711. The summed E-state index contributed by atoms with van der Waals surface area (Å²) in [5.41, 5.74) is 1.14. The van der Waals surface area contributed by atoms with Crippen molar-refractivity contribution >= 4 is 39.1 Å². The highest BCUT2D eigenvalue weighted by Crippen LogP contribution is 2.23. The molecular weight excluding hydrogens is 399 g/mol. The van der Waals surface area contributed by atoms with Gasteiger partial charge in [0.25, 0.3) is 0 Å². The second-order valence-corrected chi connectivity index (χ2v) is 7.72. The number of Topliss-reactive ketones (excluding diaryl/α,β-unsaturated/α-hetero) is 1. The van der Waals surface area contributed by atoms with Crippen LogP contribution >= 0.6 is 23.2 Å². The SMILES string of the molecule is COC/C(OS(=O)(=O)c1ccc(C)cc1)=C(\Cl)C(=O)c1ccc(Cl)cc1. The van der Waals surface area contributed by atoms with Crippen molar-refractivity contribution in [3.05, 3.63) is 75.5 Å². The summed E-state index contributed by atoms with van der Waals surface area (Å²) in [4.78, 5) is 12.4. The summed E-state index contributed by atoms with van der Waals surface area (Å²) in [6, 6.07) is 12.1. The molecule has 5 nitrogen and oxygen atoms in total. The Hall–Kier alpha value is -1.86. The van der Waals surface area contributed by atoms with Gasteiger partial charge in [0.15, 0.2) is 5.76 Å². The van der Waals surface area contributed by atoms with Crippen LogP contribution < -0.4 is 0 Å². The molecule has 0 radical (unpaired) electrons. The number of carbonyl (C=O) groups excluding carboxylic acids is 1. The van der Waals surface area contributed by atoms with Crippen LogP contribution in [0.4, 0.5) is 0 Å². The third kappa shape index (κ3) is 5.08. The van der Waals surface area contributed by atoms with E-state index in [0.29, 0.717) is 5.02 Å². The molecule has 0 aliphatic heterocycles. The van der Waals surface area contributed by atoms with Gasteiger partial charge in [-0.05, 0) is 43.3 Å². The minimum Gasteiger partial charge on any atom is -0.379 e. The molecule has 0 bridgehead atoms. The molecule has 26 heavy (non-hydrogen) atoms. The number of halogens is 2. The highest BCUT2D eigenvalue weighted by Gasteiger charge is 2.23. The van der Waals surface area contributed by atoms with Gasteiger partial charge in [0.1, 0.15) is 16.5 Å². The zero-order chi connectivity index (χ0) is 19.3. The summed E-state index contributed by atoms with van der Waals surface area (Å²) in [7, 11) is -2.83. The van der Waals surface area contributed by atoms with E-state index >= 15 is 0 Å². The molecule has 0 aromatic heterocycles. The first kappa shape index (κ1) is 20.5. The molecular formula is C18H16Cl2O5S. The Morgan fingerprint density at radius 3 is 2.15 bits per heavy atom. The summed E-state index contributed by atoms with van der Waals surface area (Å²) in [6.07, 6.45) is 0. The highest BCUT2D eigenvalue weighted by molar-refractivity contribution is 7.86. The van der Waals surface area contributed by atoms with Crippen LogP contribution in [-0.4, -0.2) is 27.9 Å². The molecule has 2 rings (SSSR count). The van der Waals surface area contributed by atoms with E-state index in [1.807, 2.05) is 6.92 Å². The predicted octanol–water partition coefficient (Wildman–Crippen LogP) is 4.33. The van der Waals surface area contributed by atoms with E-state index in [1.54, 1.807) is 12.1 Å². The number of hydrogen-bond donors (Lipinski definition) is 0. The molecule has 2 aromatic carbocycles. The van der Waals surface area contributed by atoms with Gasteiger partial charge >= 0.3 is 10.1 Å². The van der Waals surface area contributed by atoms with Crippen LogP contribution in [0.25, 0.3) is 0 Å². The maximum absolute atomic E-state index is 12.5. The Morgan fingerprint density at radius 1 is 1.04 bits per heavy atom. The van der Waals surface area contributed by atoms with E-state index in [9.17, 15) is 13.2 Å². The third-order valence-electron chi connectivity index (χ3n) is 3.35. The summed E-state index contributed by atoms with van der Waals surface area (Å²) in [6.45, 7) is 1.54. The minimum absolute atomic E-state index is 0.0555. The van der Waals surface area contributed by atoms with E-state index in [2.05, 4.69) is 0 Å². The fraction of sp³-hybridized carbons (Fsp3) is 0.167. The van der Waals surface area contributed by atoms with Crippen molar-refractivity contribution in [3.8, 4) is 0 Å². The molecule has 0 heterocycles. The van der Waals surface area contributed by atoms with Gasteiger partial charge in [0.05, 0.1) is 0 Å². The largest absolute Gasteiger partial charge is 0.379 e. The number of aryl methyl sites for hydroxylation is 1. The van der Waals surface area contributed by atoms with Crippen molar-refractivity contribution in [2.75, 3.05) is 13.7 Å². The highest BCUT2D eigenvalue weighted by atomic mass is 35.5.